The third-order valence-electron chi connectivity index (χ3n) is 3.13. The smallest absolute Gasteiger partial charge is 0.431 e. The molecule has 0 aliphatic carbocycles. The maximum atomic E-state index is 10.8. The van der Waals surface area contributed by atoms with E-state index in [2.05, 4.69) is 5.10 Å². The largest absolute Gasteiger partial charge is 0.463 e. The highest BCUT2D eigenvalue weighted by molar-refractivity contribution is 5.64. The van der Waals surface area contributed by atoms with Crippen LogP contribution in [0.5, 0.6) is 0 Å². The molecule has 7 heteroatoms. The summed E-state index contributed by atoms with van der Waals surface area (Å²) >= 11 is 0. The van der Waals surface area contributed by atoms with Gasteiger partial charge in [0.1, 0.15) is 0 Å². The van der Waals surface area contributed by atoms with Crippen LogP contribution in [0.25, 0.3) is 0 Å². The van der Waals surface area contributed by atoms with Crippen molar-refractivity contribution in [3.63, 3.8) is 0 Å². The fraction of sp³-hybridized carbons (Fsp3) is 0.667. The second-order valence-corrected chi connectivity index (χ2v) is 5.23. The van der Waals surface area contributed by atoms with Crippen LogP contribution in [0, 0.1) is 0 Å². The van der Waals surface area contributed by atoms with Gasteiger partial charge in [0, 0.05) is 25.8 Å². The number of aliphatic hydroxyl groups is 1. The van der Waals surface area contributed by atoms with E-state index in [0.29, 0.717) is 17.9 Å². The minimum absolute atomic E-state index is 0.0180. The average Bonchev–Trinajstić information content (AvgIpc) is 2.74. The molecule has 1 unspecified atom stereocenters. The number of aromatic nitrogens is 2. The Labute approximate surface area is 112 Å². The van der Waals surface area contributed by atoms with E-state index in [-0.39, 0.29) is 12.5 Å². The van der Waals surface area contributed by atoms with Gasteiger partial charge in [-0.3, -0.25) is 9.89 Å². The van der Waals surface area contributed by atoms with E-state index < -0.39 is 11.6 Å². The highest BCUT2D eigenvalue weighted by atomic mass is 16.6. The number of hydroxylamine groups is 2. The predicted octanol–water partition coefficient (Wildman–Crippen LogP) is 1.42. The Morgan fingerprint density at radius 1 is 1.58 bits per heavy atom. The average molecular weight is 271 g/mol. The van der Waals surface area contributed by atoms with Gasteiger partial charge in [-0.15, -0.1) is 0 Å². The molecular formula is C12H21N3O4. The van der Waals surface area contributed by atoms with Gasteiger partial charge in [0.05, 0.1) is 11.2 Å². The third-order valence-corrected chi connectivity index (χ3v) is 3.13. The lowest BCUT2D eigenvalue weighted by molar-refractivity contribution is -0.134. The van der Waals surface area contributed by atoms with Crippen LogP contribution in [-0.4, -0.2) is 48.5 Å². The number of aryl methyl sites for hydroxylation is 1. The van der Waals surface area contributed by atoms with Crippen molar-refractivity contribution in [2.45, 2.75) is 38.1 Å². The maximum absolute atomic E-state index is 10.8. The Kier molecular flexibility index (Phi) is 4.90. The number of rotatable bonds is 6. The van der Waals surface area contributed by atoms with Crippen LogP contribution in [0.3, 0.4) is 0 Å². The Balaban J connectivity index is 2.87. The number of amides is 1. The molecule has 0 saturated heterocycles. The van der Waals surface area contributed by atoms with Gasteiger partial charge in [-0.05, 0) is 32.8 Å². The number of aliphatic hydroxyl groups excluding tert-OH is 1. The van der Waals surface area contributed by atoms with Crippen LogP contribution in [-0.2, 0) is 7.05 Å². The molecule has 0 aliphatic heterocycles. The number of nitrogens with zero attached hydrogens (tertiary/aromatic N) is 3. The monoisotopic (exact) mass is 271 g/mol. The van der Waals surface area contributed by atoms with Crippen molar-refractivity contribution in [3.05, 3.63) is 18.0 Å². The van der Waals surface area contributed by atoms with Crippen molar-refractivity contribution < 1.29 is 20.2 Å². The van der Waals surface area contributed by atoms with Crippen LogP contribution in [0.2, 0.25) is 0 Å². The zero-order chi connectivity index (χ0) is 14.6. The van der Waals surface area contributed by atoms with Crippen LogP contribution in [0.1, 0.15) is 38.3 Å². The zero-order valence-corrected chi connectivity index (χ0v) is 11.4. The summed E-state index contributed by atoms with van der Waals surface area (Å²) in [5, 5.41) is 32.1. The summed E-state index contributed by atoms with van der Waals surface area (Å²) in [6.07, 6.45) is 1.23. The quantitative estimate of drug-likeness (QED) is 0.537. The summed E-state index contributed by atoms with van der Waals surface area (Å²) in [7, 11) is 1.79. The summed E-state index contributed by atoms with van der Waals surface area (Å²) in [6, 6.07) is 1.83. The molecule has 1 amide bonds. The molecule has 0 spiro atoms. The van der Waals surface area contributed by atoms with Gasteiger partial charge >= 0.3 is 6.09 Å². The topological polar surface area (TPSA) is 98.8 Å². The summed E-state index contributed by atoms with van der Waals surface area (Å²) in [4.78, 5) is 10.8. The van der Waals surface area contributed by atoms with Crippen molar-refractivity contribution in [2.24, 2.45) is 7.05 Å². The minimum Gasteiger partial charge on any atom is -0.463 e. The molecule has 7 nitrogen and oxygen atoms in total. The molecule has 19 heavy (non-hydrogen) atoms. The van der Waals surface area contributed by atoms with Crippen molar-refractivity contribution >= 4 is 6.09 Å². The predicted molar refractivity (Wildman–Crippen MR) is 68.0 cm³/mol. The number of carboxylic acid groups (broad SMARTS) is 1. The van der Waals surface area contributed by atoms with Crippen molar-refractivity contribution in [1.29, 1.82) is 0 Å². The molecule has 1 heterocycles. The lowest BCUT2D eigenvalue weighted by atomic mass is 9.86. The lowest BCUT2D eigenvalue weighted by Crippen LogP contribution is -2.45. The molecule has 108 valence electrons. The van der Waals surface area contributed by atoms with E-state index in [1.54, 1.807) is 31.8 Å². The Morgan fingerprint density at radius 2 is 2.21 bits per heavy atom. The summed E-state index contributed by atoms with van der Waals surface area (Å²) < 4.78 is 1.65. The Bertz CT molecular complexity index is 430. The van der Waals surface area contributed by atoms with E-state index in [9.17, 15) is 10.0 Å². The van der Waals surface area contributed by atoms with Gasteiger partial charge in [-0.2, -0.15) is 10.2 Å². The van der Waals surface area contributed by atoms with Crippen molar-refractivity contribution in [1.82, 2.24) is 14.8 Å². The van der Waals surface area contributed by atoms with Gasteiger partial charge in [-0.1, -0.05) is 0 Å². The van der Waals surface area contributed by atoms with E-state index in [1.807, 2.05) is 6.07 Å². The fourth-order valence-electron chi connectivity index (χ4n) is 2.11. The summed E-state index contributed by atoms with van der Waals surface area (Å²) in [6.45, 7) is 3.25. The molecule has 0 aromatic carbocycles. The van der Waals surface area contributed by atoms with Gasteiger partial charge in [-0.25, -0.2) is 4.79 Å². The van der Waals surface area contributed by atoms with Crippen LogP contribution in [0.4, 0.5) is 4.79 Å². The minimum atomic E-state index is -1.39. The molecular weight excluding hydrogens is 250 g/mol. The number of carbonyl (C=O) groups is 1. The second-order valence-electron chi connectivity index (χ2n) is 5.23. The van der Waals surface area contributed by atoms with E-state index >= 15 is 0 Å². The first kappa shape index (κ1) is 15.5. The zero-order valence-electron chi connectivity index (χ0n) is 11.4. The second kappa shape index (κ2) is 6.03. The summed E-state index contributed by atoms with van der Waals surface area (Å²) in [5.74, 6) is -0.116. The SMILES string of the molecule is Cn1ccc(C(CCO)CC(C)(C)N(O)C(=O)O)n1. The van der Waals surface area contributed by atoms with Crippen LogP contribution in [0.15, 0.2) is 12.3 Å². The first-order valence-corrected chi connectivity index (χ1v) is 6.10. The Hall–Kier alpha value is -1.60. The molecule has 0 saturated carbocycles. The molecule has 0 aliphatic rings. The number of hydrogen-bond acceptors (Lipinski definition) is 4. The highest BCUT2D eigenvalue weighted by Gasteiger charge is 2.33. The van der Waals surface area contributed by atoms with E-state index in [0.717, 1.165) is 5.69 Å². The van der Waals surface area contributed by atoms with Gasteiger partial charge in [0.25, 0.3) is 0 Å². The summed E-state index contributed by atoms with van der Waals surface area (Å²) in [5.41, 5.74) is -0.174. The Morgan fingerprint density at radius 3 is 2.63 bits per heavy atom. The molecule has 1 aromatic heterocycles. The van der Waals surface area contributed by atoms with Crippen LogP contribution < -0.4 is 0 Å². The van der Waals surface area contributed by atoms with Gasteiger partial charge in [0.2, 0.25) is 0 Å². The van der Waals surface area contributed by atoms with Gasteiger partial charge in [0.15, 0.2) is 0 Å². The van der Waals surface area contributed by atoms with Crippen molar-refractivity contribution in [2.75, 3.05) is 6.61 Å². The molecule has 0 radical (unpaired) electrons. The fourth-order valence-corrected chi connectivity index (χ4v) is 2.11. The maximum Gasteiger partial charge on any atom is 0.431 e. The standard InChI is InChI=1S/C12H21N3O4/c1-12(2,15(19)11(17)18)8-9(5-7-16)10-4-6-14(3)13-10/h4,6,9,16,19H,5,7-8H2,1-3H3,(H,17,18). The lowest BCUT2D eigenvalue weighted by Gasteiger charge is -2.33. The number of hydrogen-bond donors (Lipinski definition) is 3. The molecule has 1 atom stereocenters. The van der Waals surface area contributed by atoms with Crippen molar-refractivity contribution in [3.8, 4) is 0 Å². The first-order valence-electron chi connectivity index (χ1n) is 6.10. The normalized spacial score (nSPS) is 13.3. The van der Waals surface area contributed by atoms with Crippen LogP contribution >= 0.6 is 0 Å². The third kappa shape index (κ3) is 3.93. The van der Waals surface area contributed by atoms with Gasteiger partial charge < -0.3 is 10.2 Å². The molecule has 0 fully saturated rings. The molecule has 1 rings (SSSR count). The van der Waals surface area contributed by atoms with E-state index in [4.69, 9.17) is 10.2 Å². The molecule has 0 bridgehead atoms. The van der Waals surface area contributed by atoms with E-state index in [1.165, 1.54) is 0 Å². The first-order chi connectivity index (χ1) is 8.77. The highest BCUT2D eigenvalue weighted by Crippen LogP contribution is 2.30. The molecule has 1 aromatic rings. The molecule has 3 N–H and O–H groups in total.